The molecule has 4 aromatic rings. The van der Waals surface area contributed by atoms with Gasteiger partial charge in [0.2, 0.25) is 0 Å². The van der Waals surface area contributed by atoms with Crippen molar-refractivity contribution in [2.24, 2.45) is 7.05 Å². The van der Waals surface area contributed by atoms with Crippen LogP contribution in [0.1, 0.15) is 11.1 Å². The van der Waals surface area contributed by atoms with Gasteiger partial charge in [-0.15, -0.1) is 0 Å². The number of nitro groups is 1. The highest BCUT2D eigenvalue weighted by atomic mass is 16.6. The normalized spacial score (nSPS) is 10.6. The molecule has 0 aliphatic carbocycles. The van der Waals surface area contributed by atoms with E-state index in [0.717, 1.165) is 11.1 Å². The molecule has 0 spiro atoms. The summed E-state index contributed by atoms with van der Waals surface area (Å²) < 4.78 is 13.6. The van der Waals surface area contributed by atoms with Crippen LogP contribution in [0.3, 0.4) is 0 Å². The molecule has 0 N–H and O–H groups in total. The number of nitro benzene ring substituents is 1. The maximum Gasteiger partial charge on any atom is 0.282 e. The highest BCUT2D eigenvalue weighted by Gasteiger charge is 2.23. The number of hydrogen-bond acceptors (Lipinski definition) is 5. The van der Waals surface area contributed by atoms with E-state index in [2.05, 4.69) is 5.10 Å². The van der Waals surface area contributed by atoms with E-state index in [1.54, 1.807) is 30.1 Å². The zero-order chi connectivity index (χ0) is 21.6. The molecule has 0 unspecified atom stereocenters. The van der Waals surface area contributed by atoms with Crippen LogP contribution in [0.25, 0.3) is 11.3 Å². The van der Waals surface area contributed by atoms with Gasteiger partial charge in [-0.25, -0.2) is 0 Å². The monoisotopic (exact) mass is 415 g/mol. The molecule has 4 rings (SSSR count). The van der Waals surface area contributed by atoms with Gasteiger partial charge in [0.25, 0.3) is 5.69 Å². The lowest BCUT2D eigenvalue weighted by Gasteiger charge is -2.15. The number of ether oxygens (including phenoxy) is 2. The Morgan fingerprint density at radius 3 is 1.90 bits per heavy atom. The molecule has 3 aromatic carbocycles. The highest BCUT2D eigenvalue weighted by Crippen LogP contribution is 2.40. The summed E-state index contributed by atoms with van der Waals surface area (Å²) in [5, 5.41) is 16.0. The van der Waals surface area contributed by atoms with Crippen molar-refractivity contribution in [3.05, 3.63) is 106 Å². The third-order valence-electron chi connectivity index (χ3n) is 4.83. The van der Waals surface area contributed by atoms with Crippen LogP contribution >= 0.6 is 0 Å². The van der Waals surface area contributed by atoms with E-state index in [1.165, 1.54) is 6.07 Å². The summed E-state index contributed by atoms with van der Waals surface area (Å²) in [6.07, 6.45) is 1.60. The predicted molar refractivity (Wildman–Crippen MR) is 117 cm³/mol. The molecule has 156 valence electrons. The number of hydrogen-bond donors (Lipinski definition) is 0. The topological polar surface area (TPSA) is 79.4 Å². The van der Waals surface area contributed by atoms with Crippen molar-refractivity contribution < 1.29 is 14.4 Å². The molecule has 0 atom stereocenters. The first-order chi connectivity index (χ1) is 15.1. The Morgan fingerprint density at radius 1 is 0.871 bits per heavy atom. The van der Waals surface area contributed by atoms with Crippen molar-refractivity contribution >= 4 is 5.69 Å². The van der Waals surface area contributed by atoms with Gasteiger partial charge in [0.05, 0.1) is 22.2 Å². The van der Waals surface area contributed by atoms with E-state index >= 15 is 0 Å². The third-order valence-corrected chi connectivity index (χ3v) is 4.83. The molecular weight excluding hydrogens is 394 g/mol. The van der Waals surface area contributed by atoms with Gasteiger partial charge in [-0.2, -0.15) is 5.10 Å². The van der Waals surface area contributed by atoms with Crippen molar-refractivity contribution in [1.29, 1.82) is 0 Å². The summed E-state index contributed by atoms with van der Waals surface area (Å²) in [5.41, 5.74) is 2.90. The Labute approximate surface area is 179 Å². The van der Waals surface area contributed by atoms with Gasteiger partial charge in [-0.3, -0.25) is 14.8 Å². The second-order valence-electron chi connectivity index (χ2n) is 6.96. The predicted octanol–water partition coefficient (Wildman–Crippen LogP) is 5.15. The molecule has 0 saturated heterocycles. The Hall–Kier alpha value is -4.13. The second-order valence-corrected chi connectivity index (χ2v) is 6.96. The highest BCUT2D eigenvalue weighted by molar-refractivity contribution is 5.75. The molecule has 0 fully saturated rings. The van der Waals surface area contributed by atoms with Gasteiger partial charge >= 0.3 is 0 Å². The Balaban J connectivity index is 1.72. The number of aryl methyl sites for hydroxylation is 1. The first-order valence-electron chi connectivity index (χ1n) is 9.76. The summed E-state index contributed by atoms with van der Waals surface area (Å²) in [4.78, 5) is 11.4. The van der Waals surface area contributed by atoms with E-state index in [-0.39, 0.29) is 12.3 Å². The van der Waals surface area contributed by atoms with Crippen LogP contribution in [0.2, 0.25) is 0 Å². The molecule has 0 amide bonds. The first kappa shape index (κ1) is 20.2. The minimum atomic E-state index is -0.418. The standard InChI is InChI=1S/C24H21N3O4/c1-26-21(12-13-25-26)20-14-23(30-16-18-8-4-2-5-9-18)24(15-22(20)27(28)29)31-17-19-10-6-3-7-11-19/h2-15H,16-17H2,1H3. The minimum Gasteiger partial charge on any atom is -0.485 e. The van der Waals surface area contributed by atoms with E-state index < -0.39 is 4.92 Å². The largest absolute Gasteiger partial charge is 0.485 e. The van der Waals surface area contributed by atoms with Crippen LogP contribution in [0.5, 0.6) is 11.5 Å². The van der Waals surface area contributed by atoms with Gasteiger partial charge in [-0.1, -0.05) is 60.7 Å². The Morgan fingerprint density at radius 2 is 1.42 bits per heavy atom. The van der Waals surface area contributed by atoms with Gasteiger partial charge < -0.3 is 9.47 Å². The van der Waals surface area contributed by atoms with Crippen molar-refractivity contribution in [2.45, 2.75) is 13.2 Å². The molecule has 0 bridgehead atoms. The van der Waals surface area contributed by atoms with Crippen molar-refractivity contribution in [3.8, 4) is 22.8 Å². The van der Waals surface area contributed by atoms with Crippen molar-refractivity contribution in [2.75, 3.05) is 0 Å². The number of nitrogens with zero attached hydrogens (tertiary/aromatic N) is 3. The quantitative estimate of drug-likeness (QED) is 0.294. The van der Waals surface area contributed by atoms with Gasteiger partial charge in [0.15, 0.2) is 11.5 Å². The van der Waals surface area contributed by atoms with Crippen LogP contribution in [-0.4, -0.2) is 14.7 Å². The summed E-state index contributed by atoms with van der Waals surface area (Å²) in [6, 6.07) is 24.1. The molecule has 1 aromatic heterocycles. The third kappa shape index (κ3) is 4.72. The number of aromatic nitrogens is 2. The summed E-state index contributed by atoms with van der Waals surface area (Å²) in [6.45, 7) is 0.579. The van der Waals surface area contributed by atoms with E-state index in [0.29, 0.717) is 29.4 Å². The smallest absolute Gasteiger partial charge is 0.282 e. The van der Waals surface area contributed by atoms with Crippen molar-refractivity contribution in [1.82, 2.24) is 9.78 Å². The Kier molecular flexibility index (Phi) is 5.93. The van der Waals surface area contributed by atoms with Crippen LogP contribution in [0.4, 0.5) is 5.69 Å². The molecule has 0 aliphatic heterocycles. The fourth-order valence-electron chi connectivity index (χ4n) is 3.24. The lowest BCUT2D eigenvalue weighted by Crippen LogP contribution is -2.04. The lowest BCUT2D eigenvalue weighted by molar-refractivity contribution is -0.384. The number of benzene rings is 3. The average Bonchev–Trinajstić information content (AvgIpc) is 3.23. The maximum absolute atomic E-state index is 11.8. The van der Waals surface area contributed by atoms with Crippen LogP contribution in [-0.2, 0) is 20.3 Å². The minimum absolute atomic E-state index is 0.0706. The molecular formula is C24H21N3O4. The van der Waals surface area contributed by atoms with Crippen LogP contribution in [0, 0.1) is 10.1 Å². The molecule has 7 heteroatoms. The molecule has 0 radical (unpaired) electrons. The van der Waals surface area contributed by atoms with Gasteiger partial charge in [0, 0.05) is 19.3 Å². The van der Waals surface area contributed by atoms with Crippen LogP contribution in [0.15, 0.2) is 85.1 Å². The van der Waals surface area contributed by atoms with Gasteiger partial charge in [-0.05, 0) is 17.2 Å². The zero-order valence-corrected chi connectivity index (χ0v) is 17.0. The molecule has 31 heavy (non-hydrogen) atoms. The molecule has 7 nitrogen and oxygen atoms in total. The van der Waals surface area contributed by atoms with Crippen LogP contribution < -0.4 is 9.47 Å². The summed E-state index contributed by atoms with van der Waals surface area (Å²) in [7, 11) is 1.74. The first-order valence-corrected chi connectivity index (χ1v) is 9.76. The number of rotatable bonds is 8. The average molecular weight is 415 g/mol. The SMILES string of the molecule is Cn1nccc1-c1cc(OCc2ccccc2)c(OCc2ccccc2)cc1[N+](=O)[O-]. The molecule has 0 aliphatic rings. The fourth-order valence-corrected chi connectivity index (χ4v) is 3.24. The zero-order valence-electron chi connectivity index (χ0n) is 17.0. The second kappa shape index (κ2) is 9.13. The Bertz CT molecular complexity index is 1170. The maximum atomic E-state index is 11.8. The van der Waals surface area contributed by atoms with E-state index in [4.69, 9.17) is 9.47 Å². The summed E-state index contributed by atoms with van der Waals surface area (Å²) in [5.74, 6) is 0.749. The van der Waals surface area contributed by atoms with E-state index in [1.807, 2.05) is 60.7 Å². The fraction of sp³-hybridized carbons (Fsp3) is 0.125. The molecule has 1 heterocycles. The van der Waals surface area contributed by atoms with Crippen molar-refractivity contribution in [3.63, 3.8) is 0 Å². The summed E-state index contributed by atoms with van der Waals surface area (Å²) >= 11 is 0. The van der Waals surface area contributed by atoms with Gasteiger partial charge in [0.1, 0.15) is 13.2 Å². The van der Waals surface area contributed by atoms with E-state index in [9.17, 15) is 10.1 Å². The lowest BCUT2D eigenvalue weighted by atomic mass is 10.1. The molecule has 0 saturated carbocycles.